The summed E-state index contributed by atoms with van der Waals surface area (Å²) in [4.78, 5) is 12.5. The summed E-state index contributed by atoms with van der Waals surface area (Å²) in [6, 6.07) is 16.3. The van der Waals surface area contributed by atoms with Crippen LogP contribution in [0.1, 0.15) is 27.2 Å². The highest BCUT2D eigenvalue weighted by atomic mass is 35.5. The molecule has 0 fully saturated rings. The summed E-state index contributed by atoms with van der Waals surface area (Å²) in [5, 5.41) is 7.46. The number of hydrogen-bond donors (Lipinski definition) is 1. The lowest BCUT2D eigenvalue weighted by Crippen LogP contribution is -2.26. The molecule has 0 aliphatic carbocycles. The lowest BCUT2D eigenvalue weighted by molar-refractivity contribution is 0.0953. The Hall–Kier alpha value is -2.66. The monoisotopic (exact) mass is 371 g/mol. The maximum atomic E-state index is 13.6. The van der Waals surface area contributed by atoms with Crippen LogP contribution in [0.4, 0.5) is 4.39 Å². The van der Waals surface area contributed by atoms with Gasteiger partial charge in [0, 0.05) is 6.54 Å². The quantitative estimate of drug-likeness (QED) is 0.711. The van der Waals surface area contributed by atoms with Gasteiger partial charge in [-0.25, -0.2) is 9.07 Å². The third-order valence-electron chi connectivity index (χ3n) is 4.11. The summed E-state index contributed by atoms with van der Waals surface area (Å²) in [6.07, 6.45) is 0.410. The Morgan fingerprint density at radius 2 is 1.85 bits per heavy atom. The molecular weight excluding hydrogens is 353 g/mol. The van der Waals surface area contributed by atoms with Crippen LogP contribution in [-0.4, -0.2) is 22.2 Å². The maximum Gasteiger partial charge on any atom is 0.256 e. The fraction of sp³-hybridized carbons (Fsp3) is 0.200. The topological polar surface area (TPSA) is 46.9 Å². The average Bonchev–Trinajstić information content (AvgIpc) is 2.91. The highest BCUT2D eigenvalue weighted by Crippen LogP contribution is 2.21. The molecule has 1 amide bonds. The summed E-state index contributed by atoms with van der Waals surface area (Å²) in [5.74, 6) is -0.574. The van der Waals surface area contributed by atoms with Crippen LogP contribution in [0, 0.1) is 12.7 Å². The fourth-order valence-electron chi connectivity index (χ4n) is 2.77. The van der Waals surface area contributed by atoms with Crippen LogP contribution in [0.15, 0.2) is 54.6 Å². The summed E-state index contributed by atoms with van der Waals surface area (Å²) >= 11 is 6.38. The van der Waals surface area contributed by atoms with E-state index in [-0.39, 0.29) is 11.7 Å². The van der Waals surface area contributed by atoms with E-state index in [0.29, 0.717) is 41.5 Å². The van der Waals surface area contributed by atoms with Gasteiger partial charge in [0.1, 0.15) is 11.0 Å². The molecule has 0 saturated heterocycles. The van der Waals surface area contributed by atoms with Gasteiger partial charge < -0.3 is 5.32 Å². The molecule has 0 aliphatic heterocycles. The van der Waals surface area contributed by atoms with Gasteiger partial charge in [0.25, 0.3) is 5.91 Å². The highest BCUT2D eigenvalue weighted by molar-refractivity contribution is 6.33. The minimum Gasteiger partial charge on any atom is -0.352 e. The molecule has 3 aromatic rings. The zero-order valence-electron chi connectivity index (χ0n) is 14.4. The van der Waals surface area contributed by atoms with Crippen LogP contribution >= 0.6 is 11.6 Å². The number of nitrogens with zero attached hydrogens (tertiary/aromatic N) is 2. The van der Waals surface area contributed by atoms with Crippen LogP contribution in [0.2, 0.25) is 5.15 Å². The molecular formula is C20H19ClFN3O. The molecule has 2 aromatic carbocycles. The number of halogens is 2. The van der Waals surface area contributed by atoms with Crippen molar-refractivity contribution < 1.29 is 9.18 Å². The Balaban J connectivity index is 1.67. The lowest BCUT2D eigenvalue weighted by Gasteiger charge is -2.07. The summed E-state index contributed by atoms with van der Waals surface area (Å²) in [7, 11) is 0. The maximum absolute atomic E-state index is 13.6. The Kier molecular flexibility index (Phi) is 5.68. The van der Waals surface area contributed by atoms with Gasteiger partial charge in [-0.15, -0.1) is 0 Å². The SMILES string of the molecule is Cc1nn(Cc2ccccc2)c(Cl)c1C(=O)NCCc1ccccc1F. The predicted molar refractivity (Wildman–Crippen MR) is 100.0 cm³/mol. The largest absolute Gasteiger partial charge is 0.352 e. The minimum atomic E-state index is -0.303. The predicted octanol–water partition coefficient (Wildman–Crippen LogP) is 4.00. The number of carbonyl (C=O) groups is 1. The lowest BCUT2D eigenvalue weighted by atomic mass is 10.1. The van der Waals surface area contributed by atoms with Gasteiger partial charge in [-0.1, -0.05) is 60.1 Å². The molecule has 0 saturated carbocycles. The molecule has 0 unspecified atom stereocenters. The first-order chi connectivity index (χ1) is 12.6. The van der Waals surface area contributed by atoms with Crippen LogP contribution < -0.4 is 5.32 Å². The number of benzene rings is 2. The van der Waals surface area contributed by atoms with E-state index in [2.05, 4.69) is 10.4 Å². The van der Waals surface area contributed by atoms with Crippen molar-refractivity contribution in [2.45, 2.75) is 19.9 Å². The van der Waals surface area contributed by atoms with E-state index in [9.17, 15) is 9.18 Å². The van der Waals surface area contributed by atoms with Gasteiger partial charge in [0.2, 0.25) is 0 Å². The van der Waals surface area contributed by atoms with Crippen molar-refractivity contribution in [1.82, 2.24) is 15.1 Å². The minimum absolute atomic E-state index is 0.272. The molecule has 26 heavy (non-hydrogen) atoms. The molecule has 3 rings (SSSR count). The summed E-state index contributed by atoms with van der Waals surface area (Å²) in [6.45, 7) is 2.56. The third-order valence-corrected chi connectivity index (χ3v) is 4.49. The van der Waals surface area contributed by atoms with E-state index < -0.39 is 0 Å². The second-order valence-electron chi connectivity index (χ2n) is 5.99. The molecule has 1 N–H and O–H groups in total. The van der Waals surface area contributed by atoms with Crippen LogP contribution in [0.25, 0.3) is 0 Å². The second-order valence-corrected chi connectivity index (χ2v) is 6.35. The highest BCUT2D eigenvalue weighted by Gasteiger charge is 2.20. The van der Waals surface area contributed by atoms with E-state index in [1.165, 1.54) is 6.07 Å². The van der Waals surface area contributed by atoms with E-state index in [1.807, 2.05) is 30.3 Å². The Morgan fingerprint density at radius 3 is 2.58 bits per heavy atom. The molecule has 0 bridgehead atoms. The zero-order valence-corrected chi connectivity index (χ0v) is 15.1. The Bertz CT molecular complexity index is 909. The van der Waals surface area contributed by atoms with Gasteiger partial charge in [-0.3, -0.25) is 4.79 Å². The van der Waals surface area contributed by atoms with Crippen molar-refractivity contribution in [1.29, 1.82) is 0 Å². The van der Waals surface area contributed by atoms with Crippen molar-refractivity contribution in [3.8, 4) is 0 Å². The molecule has 4 nitrogen and oxygen atoms in total. The van der Waals surface area contributed by atoms with E-state index in [4.69, 9.17) is 11.6 Å². The third kappa shape index (κ3) is 4.11. The molecule has 6 heteroatoms. The summed E-state index contributed by atoms with van der Waals surface area (Å²) in [5.41, 5.74) is 2.53. The Labute approximate surface area is 156 Å². The fourth-order valence-corrected chi connectivity index (χ4v) is 3.09. The van der Waals surface area contributed by atoms with Gasteiger partial charge in [0.15, 0.2) is 0 Å². The number of aryl methyl sites for hydroxylation is 1. The van der Waals surface area contributed by atoms with E-state index in [1.54, 1.807) is 29.8 Å². The van der Waals surface area contributed by atoms with Crippen LogP contribution in [0.5, 0.6) is 0 Å². The molecule has 134 valence electrons. The first kappa shape index (κ1) is 18.1. The molecule has 0 radical (unpaired) electrons. The number of rotatable bonds is 6. The number of aromatic nitrogens is 2. The first-order valence-corrected chi connectivity index (χ1v) is 8.72. The number of nitrogens with one attached hydrogen (secondary N) is 1. The molecule has 0 spiro atoms. The number of amides is 1. The van der Waals surface area contributed by atoms with Gasteiger partial charge in [0.05, 0.1) is 17.8 Å². The average molecular weight is 372 g/mol. The van der Waals surface area contributed by atoms with Gasteiger partial charge in [-0.05, 0) is 30.5 Å². The van der Waals surface area contributed by atoms with Crippen molar-refractivity contribution in [2.24, 2.45) is 0 Å². The molecule has 1 heterocycles. The number of hydrogen-bond acceptors (Lipinski definition) is 2. The number of carbonyl (C=O) groups excluding carboxylic acids is 1. The van der Waals surface area contributed by atoms with Gasteiger partial charge >= 0.3 is 0 Å². The first-order valence-electron chi connectivity index (χ1n) is 8.34. The molecule has 0 atom stereocenters. The van der Waals surface area contributed by atoms with Crippen molar-refractivity contribution in [2.75, 3.05) is 6.54 Å². The molecule has 1 aromatic heterocycles. The summed E-state index contributed by atoms with van der Waals surface area (Å²) < 4.78 is 15.2. The zero-order chi connectivity index (χ0) is 18.5. The normalized spacial score (nSPS) is 10.7. The van der Waals surface area contributed by atoms with E-state index >= 15 is 0 Å². The smallest absolute Gasteiger partial charge is 0.256 e. The van der Waals surface area contributed by atoms with Gasteiger partial charge in [-0.2, -0.15) is 5.10 Å². The van der Waals surface area contributed by atoms with E-state index in [0.717, 1.165) is 5.56 Å². The van der Waals surface area contributed by atoms with Crippen molar-refractivity contribution in [3.05, 3.63) is 88.0 Å². The van der Waals surface area contributed by atoms with Crippen LogP contribution in [-0.2, 0) is 13.0 Å². The second kappa shape index (κ2) is 8.15. The van der Waals surface area contributed by atoms with Crippen molar-refractivity contribution in [3.63, 3.8) is 0 Å². The van der Waals surface area contributed by atoms with Crippen LogP contribution in [0.3, 0.4) is 0 Å². The van der Waals surface area contributed by atoms with Crippen molar-refractivity contribution >= 4 is 17.5 Å². The molecule has 0 aliphatic rings. The Morgan fingerprint density at radius 1 is 1.15 bits per heavy atom. The standard InChI is InChI=1S/C20H19ClFN3O/c1-14-18(19(21)25(24-14)13-15-7-3-2-4-8-15)20(26)23-12-11-16-9-5-6-10-17(16)22/h2-10H,11-13H2,1H3,(H,23,26).